The summed E-state index contributed by atoms with van der Waals surface area (Å²) in [6.45, 7) is 0.983. The Morgan fingerprint density at radius 1 is 1.38 bits per heavy atom. The summed E-state index contributed by atoms with van der Waals surface area (Å²) in [6.07, 6.45) is 2.70. The third kappa shape index (κ3) is 2.01. The van der Waals surface area contributed by atoms with Crippen LogP contribution < -0.4 is 5.73 Å². The first-order valence-electron chi connectivity index (χ1n) is 4.81. The molecule has 1 aromatic rings. The first-order valence-corrected chi connectivity index (χ1v) is 4.81. The molecule has 0 spiro atoms. The van der Waals surface area contributed by atoms with Crippen LogP contribution in [0.5, 0.6) is 0 Å². The first-order chi connectivity index (χ1) is 6.27. The molecule has 0 unspecified atom stereocenters. The molecule has 0 saturated heterocycles. The molecule has 1 aromatic carbocycles. The Labute approximate surface area is 79.4 Å². The van der Waals surface area contributed by atoms with E-state index in [0.717, 1.165) is 18.3 Å². The van der Waals surface area contributed by atoms with Gasteiger partial charge in [0.2, 0.25) is 0 Å². The van der Waals surface area contributed by atoms with E-state index in [9.17, 15) is 0 Å². The highest BCUT2D eigenvalue weighted by molar-refractivity contribution is 5.46. The lowest BCUT2D eigenvalue weighted by Gasteiger charge is -2.16. The lowest BCUT2D eigenvalue weighted by atomic mass is 10.2. The van der Waals surface area contributed by atoms with Gasteiger partial charge in [-0.2, -0.15) is 0 Å². The Kier molecular flexibility index (Phi) is 2.23. The van der Waals surface area contributed by atoms with E-state index in [0.29, 0.717) is 0 Å². The number of hydrogen-bond acceptors (Lipinski definition) is 2. The van der Waals surface area contributed by atoms with E-state index in [-0.39, 0.29) is 0 Å². The summed E-state index contributed by atoms with van der Waals surface area (Å²) < 4.78 is 0. The van der Waals surface area contributed by atoms with Gasteiger partial charge in [0.05, 0.1) is 0 Å². The van der Waals surface area contributed by atoms with Gasteiger partial charge in [0, 0.05) is 18.3 Å². The van der Waals surface area contributed by atoms with Crippen LogP contribution in [0.4, 0.5) is 5.69 Å². The Balaban J connectivity index is 2.03. The number of hydrogen-bond donors (Lipinski definition) is 1. The molecule has 0 bridgehead atoms. The van der Waals surface area contributed by atoms with Gasteiger partial charge in [-0.3, -0.25) is 4.90 Å². The lowest BCUT2D eigenvalue weighted by Crippen LogP contribution is -2.20. The molecule has 0 amide bonds. The van der Waals surface area contributed by atoms with Gasteiger partial charge in [-0.25, -0.2) is 0 Å². The lowest BCUT2D eigenvalue weighted by molar-refractivity contribution is 0.317. The number of rotatable bonds is 3. The van der Waals surface area contributed by atoms with E-state index in [1.165, 1.54) is 18.4 Å². The molecule has 0 aromatic heterocycles. The minimum Gasteiger partial charge on any atom is -0.398 e. The Bertz CT molecular complexity index is 292. The number of anilines is 1. The SMILES string of the molecule is CN(Cc1ccccc1N)C1CC1. The average Bonchev–Trinajstić information content (AvgIpc) is 2.91. The largest absolute Gasteiger partial charge is 0.398 e. The number of nitrogens with zero attached hydrogens (tertiary/aromatic N) is 1. The average molecular weight is 176 g/mol. The zero-order chi connectivity index (χ0) is 9.26. The van der Waals surface area contributed by atoms with Crippen molar-refractivity contribution in [2.24, 2.45) is 0 Å². The molecule has 2 N–H and O–H groups in total. The van der Waals surface area contributed by atoms with Crippen LogP contribution in [0.15, 0.2) is 24.3 Å². The third-order valence-corrected chi connectivity index (χ3v) is 2.65. The molecule has 2 nitrogen and oxygen atoms in total. The standard InChI is InChI=1S/C11H16N2/c1-13(10-6-7-10)8-9-4-2-3-5-11(9)12/h2-5,10H,6-8,12H2,1H3. The minimum atomic E-state index is 0.805. The van der Waals surface area contributed by atoms with E-state index < -0.39 is 0 Å². The molecule has 1 saturated carbocycles. The van der Waals surface area contributed by atoms with Gasteiger partial charge in [-0.15, -0.1) is 0 Å². The second-order valence-electron chi connectivity index (χ2n) is 3.85. The molecule has 13 heavy (non-hydrogen) atoms. The monoisotopic (exact) mass is 176 g/mol. The van der Waals surface area contributed by atoms with Crippen molar-refractivity contribution < 1.29 is 0 Å². The van der Waals surface area contributed by atoms with Gasteiger partial charge in [0.25, 0.3) is 0 Å². The Morgan fingerprint density at radius 2 is 2.08 bits per heavy atom. The number of benzene rings is 1. The van der Waals surface area contributed by atoms with Crippen molar-refractivity contribution in [3.63, 3.8) is 0 Å². The van der Waals surface area contributed by atoms with Crippen molar-refractivity contribution in [1.82, 2.24) is 4.90 Å². The maximum Gasteiger partial charge on any atom is 0.0359 e. The van der Waals surface area contributed by atoms with Crippen molar-refractivity contribution in [1.29, 1.82) is 0 Å². The van der Waals surface area contributed by atoms with E-state index in [1.54, 1.807) is 0 Å². The van der Waals surface area contributed by atoms with Gasteiger partial charge in [-0.1, -0.05) is 18.2 Å². The third-order valence-electron chi connectivity index (χ3n) is 2.65. The van der Waals surface area contributed by atoms with Gasteiger partial charge in [-0.05, 0) is 31.5 Å². The van der Waals surface area contributed by atoms with Gasteiger partial charge < -0.3 is 5.73 Å². The molecule has 2 rings (SSSR count). The predicted octanol–water partition coefficient (Wildman–Crippen LogP) is 1.86. The highest BCUT2D eigenvalue weighted by Crippen LogP contribution is 2.27. The fraction of sp³-hybridized carbons (Fsp3) is 0.455. The van der Waals surface area contributed by atoms with Gasteiger partial charge in [0.15, 0.2) is 0 Å². The van der Waals surface area contributed by atoms with E-state index in [2.05, 4.69) is 18.0 Å². The summed E-state index contributed by atoms with van der Waals surface area (Å²) in [7, 11) is 2.17. The normalized spacial score (nSPS) is 16.5. The van der Waals surface area contributed by atoms with Gasteiger partial charge >= 0.3 is 0 Å². The minimum absolute atomic E-state index is 0.805. The second-order valence-corrected chi connectivity index (χ2v) is 3.85. The summed E-state index contributed by atoms with van der Waals surface area (Å²) >= 11 is 0. The zero-order valence-corrected chi connectivity index (χ0v) is 8.03. The number of nitrogens with two attached hydrogens (primary N) is 1. The van der Waals surface area contributed by atoms with E-state index >= 15 is 0 Å². The maximum atomic E-state index is 5.86. The van der Waals surface area contributed by atoms with Crippen molar-refractivity contribution in [2.75, 3.05) is 12.8 Å². The van der Waals surface area contributed by atoms with Crippen LogP contribution in [0.2, 0.25) is 0 Å². The highest BCUT2D eigenvalue weighted by atomic mass is 15.1. The Morgan fingerprint density at radius 3 is 2.69 bits per heavy atom. The van der Waals surface area contributed by atoms with Crippen LogP contribution in [0.3, 0.4) is 0 Å². The topological polar surface area (TPSA) is 29.3 Å². The van der Waals surface area contributed by atoms with Crippen LogP contribution in [0.1, 0.15) is 18.4 Å². The second kappa shape index (κ2) is 3.38. The predicted molar refractivity (Wildman–Crippen MR) is 55.3 cm³/mol. The molecule has 0 atom stereocenters. The molecule has 1 fully saturated rings. The summed E-state index contributed by atoms with van der Waals surface area (Å²) in [5, 5.41) is 0. The molecule has 0 heterocycles. The first kappa shape index (κ1) is 8.57. The van der Waals surface area contributed by atoms with Crippen molar-refractivity contribution in [3.05, 3.63) is 29.8 Å². The molecular formula is C11H16N2. The Hall–Kier alpha value is -1.02. The van der Waals surface area contributed by atoms with Crippen LogP contribution in [-0.2, 0) is 6.54 Å². The highest BCUT2D eigenvalue weighted by Gasteiger charge is 2.25. The van der Waals surface area contributed by atoms with E-state index in [4.69, 9.17) is 5.73 Å². The van der Waals surface area contributed by atoms with Gasteiger partial charge in [0.1, 0.15) is 0 Å². The molecular weight excluding hydrogens is 160 g/mol. The number of para-hydroxylation sites is 1. The van der Waals surface area contributed by atoms with Crippen molar-refractivity contribution in [3.8, 4) is 0 Å². The fourth-order valence-corrected chi connectivity index (χ4v) is 1.59. The molecule has 1 aliphatic rings. The fourth-order valence-electron chi connectivity index (χ4n) is 1.59. The summed E-state index contributed by atoms with van der Waals surface area (Å²) in [5.41, 5.74) is 8.02. The summed E-state index contributed by atoms with van der Waals surface area (Å²) in [4.78, 5) is 2.38. The molecule has 0 radical (unpaired) electrons. The molecule has 0 aliphatic heterocycles. The van der Waals surface area contributed by atoms with Crippen molar-refractivity contribution in [2.45, 2.75) is 25.4 Å². The summed E-state index contributed by atoms with van der Waals surface area (Å²) in [6, 6.07) is 8.91. The molecule has 2 heteroatoms. The molecule has 70 valence electrons. The smallest absolute Gasteiger partial charge is 0.0359 e. The van der Waals surface area contributed by atoms with Crippen molar-refractivity contribution >= 4 is 5.69 Å². The van der Waals surface area contributed by atoms with Crippen LogP contribution >= 0.6 is 0 Å². The van der Waals surface area contributed by atoms with E-state index in [1.807, 2.05) is 18.2 Å². The number of nitrogen functional groups attached to an aromatic ring is 1. The molecule has 1 aliphatic carbocycles. The van der Waals surface area contributed by atoms with Crippen LogP contribution in [-0.4, -0.2) is 18.0 Å². The summed E-state index contributed by atoms with van der Waals surface area (Å²) in [5.74, 6) is 0. The maximum absolute atomic E-state index is 5.86. The van der Waals surface area contributed by atoms with Crippen LogP contribution in [0, 0.1) is 0 Å². The zero-order valence-electron chi connectivity index (χ0n) is 8.03. The van der Waals surface area contributed by atoms with Crippen LogP contribution in [0.25, 0.3) is 0 Å². The quantitative estimate of drug-likeness (QED) is 0.712.